The van der Waals surface area contributed by atoms with Crippen molar-refractivity contribution in [2.75, 3.05) is 12.3 Å². The molecule has 74 heavy (non-hydrogen) atoms. The Morgan fingerprint density at radius 2 is 0.500 bits per heavy atom. The molecule has 0 aliphatic rings. The first-order chi connectivity index (χ1) is 35.6. The SMILES string of the molecule is [Au+].[Au+].[C-]#Cc1cc2cccc3c4cccc5cccc(c(c1)c23)c54.[C-]#Cc1cc2cccc3c4cccc5cccc(c(c1)c23)c54.c1ccc([PH+](CC[PH+](c2ccccc2)c2ccccc2)c2ccccc2)cc1. The molecule has 0 aromatic heterocycles. The fourth-order valence-electron chi connectivity index (χ4n) is 11.2. The summed E-state index contributed by atoms with van der Waals surface area (Å²) in [6, 6.07) is 91.5. The molecule has 0 aliphatic carbocycles. The summed E-state index contributed by atoms with van der Waals surface area (Å²) in [5.74, 6) is 5.09. The van der Waals surface area contributed by atoms with Gasteiger partial charge in [-0.3, -0.25) is 11.8 Å². The van der Waals surface area contributed by atoms with Crippen LogP contribution in [0, 0.1) is 24.7 Å². The molecule has 14 rings (SSSR count). The molecule has 0 heterocycles. The standard InChI is InChI=1S/C26H24P2.2C22H11.2Au/c1-5-13-23(14-6-1)27(24-15-7-2-8-16-24)21-22-28(25-17-9-3-10-18-25)26-19-11-4-12-20-26;2*1-2-14-12-16-8-5-10-18-17-9-3-6-15-7-4-11-19(21(15)17)20(13-14)22(16)18;;/h1-20H,21-22H2;2*3-13H;;/q;2*-1;2*+1/p+2. The predicted octanol–water partition coefficient (Wildman–Crippen LogP) is 16.1. The normalized spacial score (nSPS) is 11.1. The quantitative estimate of drug-likeness (QED) is 0.0373. The van der Waals surface area contributed by atoms with Gasteiger partial charge in [-0.25, -0.2) is 0 Å². The van der Waals surface area contributed by atoms with Crippen molar-refractivity contribution in [2.45, 2.75) is 0 Å². The van der Waals surface area contributed by atoms with Gasteiger partial charge in [-0.05, 0) is 135 Å². The zero-order valence-corrected chi connectivity index (χ0v) is 46.6. The Hall–Kier alpha value is -6.86. The molecule has 0 radical (unpaired) electrons. The van der Waals surface area contributed by atoms with Gasteiger partial charge in [0.05, 0.1) is 37.1 Å². The van der Waals surface area contributed by atoms with E-state index >= 15 is 0 Å². The Bertz CT molecular complexity index is 3930. The van der Waals surface area contributed by atoms with Crippen molar-refractivity contribution in [3.05, 3.63) is 279 Å². The van der Waals surface area contributed by atoms with Crippen LogP contribution in [0.2, 0.25) is 0 Å². The first-order valence-electron chi connectivity index (χ1n) is 24.6. The summed E-state index contributed by atoms with van der Waals surface area (Å²) in [5, 5.41) is 26.3. The van der Waals surface area contributed by atoms with Crippen molar-refractivity contribution in [3.8, 4) is 11.8 Å². The second kappa shape index (κ2) is 22.7. The minimum Gasteiger partial charge on any atom is -0.366 e. The van der Waals surface area contributed by atoms with Gasteiger partial charge in [-0.15, -0.1) is 35.4 Å². The van der Waals surface area contributed by atoms with Crippen LogP contribution in [0.25, 0.3) is 86.2 Å². The van der Waals surface area contributed by atoms with Crippen molar-refractivity contribution in [2.24, 2.45) is 0 Å². The summed E-state index contributed by atoms with van der Waals surface area (Å²) >= 11 is 0. The molecule has 0 fully saturated rings. The monoisotopic (exact) mass is 1340 g/mol. The van der Waals surface area contributed by atoms with Crippen LogP contribution >= 0.6 is 15.8 Å². The van der Waals surface area contributed by atoms with Crippen LogP contribution < -0.4 is 21.2 Å². The molecule has 0 spiro atoms. The van der Waals surface area contributed by atoms with E-state index in [4.69, 9.17) is 12.8 Å². The number of hydrogen-bond donors (Lipinski definition) is 0. The van der Waals surface area contributed by atoms with Gasteiger partial charge in [0.1, 0.15) is 12.3 Å². The third kappa shape index (κ3) is 9.71. The van der Waals surface area contributed by atoms with Gasteiger partial charge in [0, 0.05) is 0 Å². The van der Waals surface area contributed by atoms with Gasteiger partial charge in [-0.2, -0.15) is 0 Å². The molecule has 0 atom stereocenters. The van der Waals surface area contributed by atoms with Gasteiger partial charge in [-0.1, -0.05) is 182 Å². The molecule has 0 unspecified atom stereocenters. The van der Waals surface area contributed by atoms with Crippen molar-refractivity contribution in [1.82, 2.24) is 0 Å². The Labute approximate surface area is 467 Å². The second-order valence-corrected chi connectivity index (χ2v) is 23.7. The largest absolute Gasteiger partial charge is 1.00 e. The molecule has 0 saturated heterocycles. The van der Waals surface area contributed by atoms with Gasteiger partial charge >= 0.3 is 44.8 Å². The smallest absolute Gasteiger partial charge is 0.366 e. The van der Waals surface area contributed by atoms with E-state index in [-0.39, 0.29) is 44.8 Å². The summed E-state index contributed by atoms with van der Waals surface area (Å²) in [6.45, 7) is 0. The third-order valence-corrected chi connectivity index (χ3v) is 20.4. The van der Waals surface area contributed by atoms with Crippen LogP contribution in [0.3, 0.4) is 0 Å². The molecule has 0 N–H and O–H groups in total. The average molecular weight is 1350 g/mol. The maximum Gasteiger partial charge on any atom is 1.00 e. The maximum atomic E-state index is 7.50. The van der Waals surface area contributed by atoms with E-state index in [1.54, 1.807) is 0 Å². The molecule has 0 nitrogen and oxygen atoms in total. The van der Waals surface area contributed by atoms with E-state index in [1.165, 1.54) is 120 Å². The van der Waals surface area contributed by atoms with Crippen molar-refractivity contribution >= 4 is 123 Å². The van der Waals surface area contributed by atoms with Gasteiger partial charge in [0.2, 0.25) is 0 Å². The number of fused-ring (bicyclic) bond motifs is 4. The summed E-state index contributed by atoms with van der Waals surface area (Å²) in [6.07, 6.45) is 17.5. The van der Waals surface area contributed by atoms with Crippen LogP contribution in [-0.2, 0) is 44.8 Å². The first kappa shape index (κ1) is 50.7. The number of benzene rings is 14. The summed E-state index contributed by atoms with van der Waals surface area (Å²) < 4.78 is 0. The topological polar surface area (TPSA) is 0 Å². The summed E-state index contributed by atoms with van der Waals surface area (Å²) in [7, 11) is -1.57. The molecule has 14 aromatic carbocycles. The van der Waals surface area contributed by atoms with E-state index in [0.717, 1.165) is 11.1 Å². The van der Waals surface area contributed by atoms with Gasteiger partial charge < -0.3 is 12.8 Å². The number of hydrogen-bond acceptors (Lipinski definition) is 0. The third-order valence-electron chi connectivity index (χ3n) is 14.3. The fraction of sp³-hybridized carbons (Fsp3) is 0.0286. The molecule has 0 aliphatic heterocycles. The minimum atomic E-state index is -0.783. The fourth-order valence-corrected chi connectivity index (χ4v) is 17.4. The Morgan fingerprint density at radius 3 is 0.770 bits per heavy atom. The summed E-state index contributed by atoms with van der Waals surface area (Å²) in [5.41, 5.74) is 1.66. The average Bonchev–Trinajstić information content (AvgIpc) is 3.46. The summed E-state index contributed by atoms with van der Waals surface area (Å²) in [4.78, 5) is 0. The Morgan fingerprint density at radius 1 is 0.257 bits per heavy atom. The first-order valence-corrected chi connectivity index (χ1v) is 28.0. The zero-order valence-electron chi connectivity index (χ0n) is 40.3. The molecular weight excluding hydrogens is 1300 g/mol. The van der Waals surface area contributed by atoms with Crippen LogP contribution in [-0.4, -0.2) is 12.3 Å². The zero-order chi connectivity index (χ0) is 48.4. The van der Waals surface area contributed by atoms with Crippen LogP contribution in [0.15, 0.2) is 255 Å². The molecule has 4 heteroatoms. The van der Waals surface area contributed by atoms with Crippen LogP contribution in [0.1, 0.15) is 11.1 Å². The molecule has 358 valence electrons. The van der Waals surface area contributed by atoms with E-state index in [0.29, 0.717) is 0 Å². The van der Waals surface area contributed by atoms with Crippen LogP contribution in [0.4, 0.5) is 0 Å². The van der Waals surface area contributed by atoms with Crippen molar-refractivity contribution < 1.29 is 44.8 Å². The second-order valence-electron chi connectivity index (χ2n) is 18.4. The Balaban J connectivity index is 0.000000126. The van der Waals surface area contributed by atoms with Gasteiger partial charge in [0.15, 0.2) is 0 Å². The maximum absolute atomic E-state index is 7.50. The van der Waals surface area contributed by atoms with Crippen LogP contribution in [0.5, 0.6) is 0 Å². The number of rotatable bonds is 7. The van der Waals surface area contributed by atoms with E-state index < -0.39 is 15.8 Å². The van der Waals surface area contributed by atoms with Crippen molar-refractivity contribution in [3.63, 3.8) is 0 Å². The van der Waals surface area contributed by atoms with Crippen molar-refractivity contribution in [1.29, 1.82) is 0 Å². The van der Waals surface area contributed by atoms with E-state index in [2.05, 4.69) is 254 Å². The van der Waals surface area contributed by atoms with E-state index in [1.807, 2.05) is 12.1 Å². The molecule has 0 saturated carbocycles. The molecule has 0 amide bonds. The van der Waals surface area contributed by atoms with E-state index in [9.17, 15) is 0 Å². The molecule has 14 aromatic rings. The molecular formula is C70H48Au2P2+2. The van der Waals surface area contributed by atoms with Gasteiger partial charge in [0.25, 0.3) is 0 Å². The minimum absolute atomic E-state index is 0. The molecule has 0 bridgehead atoms. The Kier molecular flexibility index (Phi) is 15.6. The predicted molar refractivity (Wildman–Crippen MR) is 318 cm³/mol.